The first kappa shape index (κ1) is 19.8. The molecule has 2 aliphatic rings. The first-order valence-corrected chi connectivity index (χ1v) is 12.0. The fourth-order valence-electron chi connectivity index (χ4n) is 4.88. The number of aromatic nitrogens is 1. The second kappa shape index (κ2) is 7.54. The monoisotopic (exact) mass is 431 g/mol. The van der Waals surface area contributed by atoms with Crippen LogP contribution in [0.3, 0.4) is 0 Å². The predicted octanol–water partition coefficient (Wildman–Crippen LogP) is 5.33. The second-order valence-corrected chi connectivity index (χ2v) is 10.2. The van der Waals surface area contributed by atoms with E-state index >= 15 is 0 Å². The lowest BCUT2D eigenvalue weighted by Gasteiger charge is -2.37. The Labute approximate surface area is 183 Å². The molecule has 5 nitrogen and oxygen atoms in total. The largest absolute Gasteiger partial charge is 0.378 e. The molecular formula is C25H25N3O2S. The number of anilines is 2. The zero-order valence-corrected chi connectivity index (χ0v) is 18.4. The van der Waals surface area contributed by atoms with Crippen molar-refractivity contribution in [2.45, 2.75) is 37.1 Å². The number of aryl methyl sites for hydroxylation is 2. The van der Waals surface area contributed by atoms with E-state index in [9.17, 15) is 8.42 Å². The molecule has 0 saturated heterocycles. The quantitative estimate of drug-likeness (QED) is 0.548. The van der Waals surface area contributed by atoms with Crippen molar-refractivity contribution >= 4 is 21.4 Å². The zero-order valence-electron chi connectivity index (χ0n) is 17.5. The molecule has 3 unspecified atom stereocenters. The summed E-state index contributed by atoms with van der Waals surface area (Å²) in [6, 6.07) is 15.3. The van der Waals surface area contributed by atoms with Crippen LogP contribution in [0, 0.1) is 19.8 Å². The summed E-state index contributed by atoms with van der Waals surface area (Å²) in [4.78, 5) is 4.56. The summed E-state index contributed by atoms with van der Waals surface area (Å²) in [6.45, 7) is 3.92. The number of hydrogen-bond acceptors (Lipinski definition) is 4. The number of pyridine rings is 1. The molecule has 0 radical (unpaired) electrons. The molecule has 158 valence electrons. The topological polar surface area (TPSA) is 71.1 Å². The van der Waals surface area contributed by atoms with Crippen molar-refractivity contribution in [3.05, 3.63) is 95.3 Å². The van der Waals surface area contributed by atoms with E-state index in [1.165, 1.54) is 0 Å². The van der Waals surface area contributed by atoms with Gasteiger partial charge in [-0.2, -0.15) is 0 Å². The van der Waals surface area contributed by atoms with Crippen molar-refractivity contribution in [3.8, 4) is 0 Å². The first-order valence-electron chi connectivity index (χ1n) is 10.5. The van der Waals surface area contributed by atoms with Gasteiger partial charge in [0.15, 0.2) is 0 Å². The van der Waals surface area contributed by atoms with E-state index in [4.69, 9.17) is 0 Å². The van der Waals surface area contributed by atoms with Gasteiger partial charge in [-0.3, -0.25) is 9.71 Å². The van der Waals surface area contributed by atoms with Crippen LogP contribution >= 0.6 is 0 Å². The summed E-state index contributed by atoms with van der Waals surface area (Å²) < 4.78 is 29.0. The van der Waals surface area contributed by atoms with Crippen molar-refractivity contribution in [2.75, 3.05) is 10.0 Å². The molecule has 6 heteroatoms. The Morgan fingerprint density at radius 1 is 1.06 bits per heavy atom. The van der Waals surface area contributed by atoms with Gasteiger partial charge in [-0.05, 0) is 84.8 Å². The maximum atomic E-state index is 13.1. The number of allylic oxidation sites excluding steroid dienone is 2. The minimum absolute atomic E-state index is 0.150. The molecule has 0 saturated carbocycles. The SMILES string of the molecule is Cc1cc(C)cc(NS(=O)(=O)c2ccc3c(c2)C2C=CCC2C(c2cccnc2)N3)c1. The summed E-state index contributed by atoms with van der Waals surface area (Å²) in [6.07, 6.45) is 9.05. The number of fused-ring (bicyclic) bond motifs is 3. The van der Waals surface area contributed by atoms with E-state index in [2.05, 4.69) is 33.2 Å². The highest BCUT2D eigenvalue weighted by molar-refractivity contribution is 7.92. The molecule has 0 bridgehead atoms. The average Bonchev–Trinajstić information content (AvgIpc) is 3.22. The molecular weight excluding hydrogens is 406 g/mol. The Morgan fingerprint density at radius 3 is 2.61 bits per heavy atom. The molecule has 0 fully saturated rings. The van der Waals surface area contributed by atoms with Crippen LogP contribution in [-0.2, 0) is 10.0 Å². The number of benzene rings is 2. The number of nitrogens with zero attached hydrogens (tertiary/aromatic N) is 1. The van der Waals surface area contributed by atoms with E-state index in [0.29, 0.717) is 11.6 Å². The third kappa shape index (κ3) is 3.72. The zero-order chi connectivity index (χ0) is 21.6. The van der Waals surface area contributed by atoms with Crippen molar-refractivity contribution in [2.24, 2.45) is 5.92 Å². The van der Waals surface area contributed by atoms with Gasteiger partial charge in [0.05, 0.1) is 10.9 Å². The van der Waals surface area contributed by atoms with E-state index < -0.39 is 10.0 Å². The molecule has 31 heavy (non-hydrogen) atoms. The Balaban J connectivity index is 1.49. The second-order valence-electron chi connectivity index (χ2n) is 8.49. The van der Waals surface area contributed by atoms with Crippen LogP contribution in [0.1, 0.15) is 40.6 Å². The van der Waals surface area contributed by atoms with Gasteiger partial charge in [0.2, 0.25) is 0 Å². The van der Waals surface area contributed by atoms with Crippen LogP contribution in [0.2, 0.25) is 0 Å². The summed E-state index contributed by atoms with van der Waals surface area (Å²) in [5.74, 6) is 0.514. The van der Waals surface area contributed by atoms with Gasteiger partial charge in [-0.15, -0.1) is 0 Å². The average molecular weight is 432 g/mol. The van der Waals surface area contributed by atoms with Gasteiger partial charge in [-0.25, -0.2) is 8.42 Å². The highest BCUT2D eigenvalue weighted by Crippen LogP contribution is 2.50. The first-order chi connectivity index (χ1) is 14.9. The standard InChI is InChI=1S/C25H25N3O2S/c1-16-11-17(2)13-19(12-16)28-31(29,30)20-8-9-24-23(14-20)21-6-3-7-22(21)25(27-24)18-5-4-10-26-15-18/h3-6,8-15,21-22,25,27-28H,7H2,1-2H3. The Morgan fingerprint density at radius 2 is 1.87 bits per heavy atom. The summed E-state index contributed by atoms with van der Waals surface area (Å²) >= 11 is 0. The Bertz CT molecular complexity index is 1250. The lowest BCUT2D eigenvalue weighted by atomic mass is 9.77. The maximum Gasteiger partial charge on any atom is 0.261 e. The molecule has 3 aromatic rings. The number of rotatable bonds is 4. The van der Waals surface area contributed by atoms with Gasteiger partial charge in [0.1, 0.15) is 0 Å². The Kier molecular flexibility index (Phi) is 4.82. The molecule has 2 aromatic carbocycles. The van der Waals surface area contributed by atoms with Gasteiger partial charge in [0.25, 0.3) is 10.0 Å². The van der Waals surface area contributed by atoms with Crippen LogP contribution in [-0.4, -0.2) is 13.4 Å². The number of nitrogens with one attached hydrogen (secondary N) is 2. The van der Waals surface area contributed by atoms with Crippen molar-refractivity contribution in [1.29, 1.82) is 0 Å². The maximum absolute atomic E-state index is 13.1. The van der Waals surface area contributed by atoms with Gasteiger partial charge in [0, 0.05) is 29.7 Å². The van der Waals surface area contributed by atoms with Gasteiger partial charge < -0.3 is 5.32 Å². The highest BCUT2D eigenvalue weighted by atomic mass is 32.2. The third-order valence-corrected chi connectivity index (χ3v) is 7.54. The third-order valence-electron chi connectivity index (χ3n) is 6.16. The minimum atomic E-state index is -3.69. The normalized spacial score (nSPS) is 21.8. The van der Waals surface area contributed by atoms with Gasteiger partial charge >= 0.3 is 0 Å². The van der Waals surface area contributed by atoms with E-state index in [1.54, 1.807) is 12.3 Å². The highest BCUT2D eigenvalue weighted by Gasteiger charge is 2.38. The van der Waals surface area contributed by atoms with Crippen LogP contribution in [0.4, 0.5) is 11.4 Å². The summed E-state index contributed by atoms with van der Waals surface area (Å²) in [5, 5.41) is 3.63. The minimum Gasteiger partial charge on any atom is -0.378 e. The lowest BCUT2D eigenvalue weighted by Crippen LogP contribution is -2.29. The van der Waals surface area contributed by atoms with Crippen LogP contribution in [0.25, 0.3) is 0 Å². The van der Waals surface area contributed by atoms with Crippen molar-refractivity contribution in [3.63, 3.8) is 0 Å². The van der Waals surface area contributed by atoms with Crippen LogP contribution < -0.4 is 10.0 Å². The smallest absolute Gasteiger partial charge is 0.261 e. The molecule has 1 aromatic heterocycles. The Hall–Kier alpha value is -3.12. The predicted molar refractivity (Wildman–Crippen MR) is 124 cm³/mol. The molecule has 0 amide bonds. The lowest BCUT2D eigenvalue weighted by molar-refractivity contribution is 0.424. The summed E-state index contributed by atoms with van der Waals surface area (Å²) in [7, 11) is -3.69. The van der Waals surface area contributed by atoms with E-state index in [0.717, 1.165) is 34.4 Å². The van der Waals surface area contributed by atoms with Crippen molar-refractivity contribution in [1.82, 2.24) is 4.98 Å². The summed E-state index contributed by atoms with van der Waals surface area (Å²) in [5.41, 5.74) is 5.79. The number of hydrogen-bond donors (Lipinski definition) is 2. The van der Waals surface area contributed by atoms with Crippen LogP contribution in [0.5, 0.6) is 0 Å². The fraction of sp³-hybridized carbons (Fsp3) is 0.240. The fourth-order valence-corrected chi connectivity index (χ4v) is 5.95. The molecule has 2 N–H and O–H groups in total. The molecule has 0 spiro atoms. The molecule has 3 atom stereocenters. The molecule has 1 aliphatic heterocycles. The van der Waals surface area contributed by atoms with Gasteiger partial charge in [-0.1, -0.05) is 24.3 Å². The molecule has 1 aliphatic carbocycles. The van der Waals surface area contributed by atoms with E-state index in [1.807, 2.05) is 56.4 Å². The van der Waals surface area contributed by atoms with E-state index in [-0.39, 0.29) is 16.9 Å². The molecule has 2 heterocycles. The van der Waals surface area contributed by atoms with Crippen LogP contribution in [0.15, 0.2) is 78.0 Å². The number of sulfonamides is 1. The molecule has 5 rings (SSSR count). The van der Waals surface area contributed by atoms with Crippen molar-refractivity contribution < 1.29 is 8.42 Å².